The smallest absolute Gasteiger partial charge is 0.287 e. The molecule has 0 aliphatic rings. The van der Waals surface area contributed by atoms with Gasteiger partial charge >= 0.3 is 0 Å². The van der Waals surface area contributed by atoms with E-state index in [1.165, 1.54) is 12.1 Å². The number of nitrogens with one attached hydrogen (secondary N) is 1. The monoisotopic (exact) mass is 283 g/mol. The number of hydrogen-bond donors (Lipinski definition) is 1. The van der Waals surface area contributed by atoms with Gasteiger partial charge < -0.3 is 10.1 Å². The number of nitrogens with zero attached hydrogens (tertiary/aromatic N) is 2. The van der Waals surface area contributed by atoms with Gasteiger partial charge in [0.2, 0.25) is 0 Å². The number of benzene rings is 2. The van der Waals surface area contributed by atoms with Crippen LogP contribution in [-0.2, 0) is 6.54 Å². The summed E-state index contributed by atoms with van der Waals surface area (Å²) in [5.41, 5.74) is 1.55. The first-order valence-electron chi connectivity index (χ1n) is 6.19. The number of nitro benzene ring substituents is 1. The fourth-order valence-corrected chi connectivity index (χ4v) is 1.84. The van der Waals surface area contributed by atoms with Gasteiger partial charge in [0.25, 0.3) is 5.69 Å². The van der Waals surface area contributed by atoms with Crippen LogP contribution >= 0.6 is 0 Å². The van der Waals surface area contributed by atoms with Crippen LogP contribution in [-0.4, -0.2) is 12.0 Å². The maximum Gasteiger partial charge on any atom is 0.287 e. The number of hydrogen-bond acceptors (Lipinski definition) is 5. The normalized spacial score (nSPS) is 9.71. The molecule has 0 unspecified atom stereocenters. The minimum atomic E-state index is -0.564. The van der Waals surface area contributed by atoms with E-state index in [1.54, 1.807) is 13.2 Å². The largest absolute Gasteiger partial charge is 0.497 e. The molecule has 0 saturated carbocycles. The molecular weight excluding hydrogens is 270 g/mol. The maximum atomic E-state index is 10.8. The lowest BCUT2D eigenvalue weighted by atomic mass is 10.1. The van der Waals surface area contributed by atoms with Gasteiger partial charge in [0, 0.05) is 18.3 Å². The highest BCUT2D eigenvalue weighted by Gasteiger charge is 2.13. The van der Waals surface area contributed by atoms with E-state index in [1.807, 2.05) is 30.3 Å². The van der Waals surface area contributed by atoms with Gasteiger partial charge in [0.15, 0.2) is 0 Å². The number of nitro groups is 1. The molecule has 0 fully saturated rings. The molecule has 0 aromatic heterocycles. The minimum Gasteiger partial charge on any atom is -0.497 e. The number of ether oxygens (including phenoxy) is 1. The van der Waals surface area contributed by atoms with Gasteiger partial charge in [0.05, 0.1) is 12.0 Å². The van der Waals surface area contributed by atoms with Gasteiger partial charge in [-0.05, 0) is 29.8 Å². The summed E-state index contributed by atoms with van der Waals surface area (Å²) in [4.78, 5) is 10.2. The van der Waals surface area contributed by atoms with Crippen LogP contribution in [0.1, 0.15) is 11.1 Å². The molecule has 0 amide bonds. The second kappa shape index (κ2) is 6.39. The van der Waals surface area contributed by atoms with Crippen LogP contribution in [0.4, 0.5) is 11.4 Å². The van der Waals surface area contributed by atoms with Crippen molar-refractivity contribution in [3.63, 3.8) is 0 Å². The van der Waals surface area contributed by atoms with Gasteiger partial charge in [0.1, 0.15) is 17.4 Å². The Hall–Kier alpha value is -3.07. The zero-order chi connectivity index (χ0) is 15.2. The van der Waals surface area contributed by atoms with Crippen LogP contribution in [0, 0.1) is 21.4 Å². The summed E-state index contributed by atoms with van der Waals surface area (Å²) >= 11 is 0. The summed E-state index contributed by atoms with van der Waals surface area (Å²) in [5, 5.41) is 22.8. The molecule has 6 heteroatoms. The molecule has 0 spiro atoms. The molecule has 1 N–H and O–H groups in total. The van der Waals surface area contributed by atoms with Crippen LogP contribution in [0.2, 0.25) is 0 Å². The zero-order valence-electron chi connectivity index (χ0n) is 11.4. The van der Waals surface area contributed by atoms with E-state index in [0.29, 0.717) is 12.2 Å². The van der Waals surface area contributed by atoms with Gasteiger partial charge in [-0.2, -0.15) is 5.26 Å². The Labute approximate surface area is 121 Å². The van der Waals surface area contributed by atoms with E-state index >= 15 is 0 Å². The number of anilines is 1. The molecular formula is C15H13N3O3. The first kappa shape index (κ1) is 14.3. The van der Waals surface area contributed by atoms with E-state index in [2.05, 4.69) is 5.32 Å². The Morgan fingerprint density at radius 3 is 2.57 bits per heavy atom. The van der Waals surface area contributed by atoms with E-state index in [0.717, 1.165) is 11.3 Å². The highest BCUT2D eigenvalue weighted by Crippen LogP contribution is 2.22. The predicted octanol–water partition coefficient (Wildman–Crippen LogP) is 3.09. The number of nitriles is 1. The van der Waals surface area contributed by atoms with Crippen LogP contribution in [0.3, 0.4) is 0 Å². The van der Waals surface area contributed by atoms with Crippen LogP contribution in [0.15, 0.2) is 42.5 Å². The van der Waals surface area contributed by atoms with E-state index in [-0.39, 0.29) is 11.3 Å². The summed E-state index contributed by atoms with van der Waals surface area (Å²) in [6, 6.07) is 13.8. The molecule has 2 aromatic rings. The van der Waals surface area contributed by atoms with E-state index in [9.17, 15) is 10.1 Å². The third kappa shape index (κ3) is 3.48. The van der Waals surface area contributed by atoms with E-state index in [4.69, 9.17) is 10.00 Å². The van der Waals surface area contributed by atoms with Gasteiger partial charge in [-0.15, -0.1) is 0 Å². The Morgan fingerprint density at radius 1 is 1.29 bits per heavy atom. The summed E-state index contributed by atoms with van der Waals surface area (Å²) in [6.45, 7) is 0.548. The number of methoxy groups -OCH3 is 1. The fourth-order valence-electron chi connectivity index (χ4n) is 1.84. The minimum absolute atomic E-state index is 0.0414. The van der Waals surface area contributed by atoms with Crippen molar-refractivity contribution in [2.75, 3.05) is 12.4 Å². The van der Waals surface area contributed by atoms with Crippen molar-refractivity contribution in [1.29, 1.82) is 5.26 Å². The van der Waals surface area contributed by atoms with Crippen LogP contribution in [0.25, 0.3) is 0 Å². The highest BCUT2D eigenvalue weighted by molar-refractivity contribution is 5.58. The second-order valence-corrected chi connectivity index (χ2v) is 4.30. The van der Waals surface area contributed by atoms with E-state index < -0.39 is 4.92 Å². The number of rotatable bonds is 5. The lowest BCUT2D eigenvalue weighted by molar-refractivity contribution is -0.385. The average Bonchev–Trinajstić information content (AvgIpc) is 2.52. The lowest BCUT2D eigenvalue weighted by Crippen LogP contribution is -2.00. The Balaban J connectivity index is 2.09. The first-order chi connectivity index (χ1) is 10.1. The Morgan fingerprint density at radius 2 is 2.00 bits per heavy atom. The molecule has 2 rings (SSSR count). The topological polar surface area (TPSA) is 88.2 Å². The quantitative estimate of drug-likeness (QED) is 0.673. The van der Waals surface area contributed by atoms with Gasteiger partial charge in [-0.1, -0.05) is 12.1 Å². The second-order valence-electron chi connectivity index (χ2n) is 4.30. The average molecular weight is 283 g/mol. The summed E-state index contributed by atoms with van der Waals surface area (Å²) in [7, 11) is 1.60. The van der Waals surface area contributed by atoms with Crippen LogP contribution < -0.4 is 10.1 Å². The molecule has 2 aromatic carbocycles. The third-order valence-electron chi connectivity index (χ3n) is 2.97. The zero-order valence-corrected chi connectivity index (χ0v) is 11.4. The van der Waals surface area contributed by atoms with Crippen molar-refractivity contribution in [2.45, 2.75) is 6.54 Å². The summed E-state index contributed by atoms with van der Waals surface area (Å²) in [5.74, 6) is 0.779. The molecule has 0 radical (unpaired) electrons. The highest BCUT2D eigenvalue weighted by atomic mass is 16.6. The molecule has 0 aliphatic carbocycles. The van der Waals surface area contributed by atoms with Crippen molar-refractivity contribution < 1.29 is 9.66 Å². The molecule has 106 valence electrons. The Bertz CT molecular complexity index is 690. The van der Waals surface area contributed by atoms with Crippen LogP contribution in [0.5, 0.6) is 5.75 Å². The lowest BCUT2D eigenvalue weighted by Gasteiger charge is -2.07. The third-order valence-corrected chi connectivity index (χ3v) is 2.97. The molecule has 0 saturated heterocycles. The standard InChI is InChI=1S/C15H13N3O3/c1-21-14-5-2-11(3-6-14)10-17-13-4-7-15(18(19)20)12(8-13)9-16/h2-8,17H,10H2,1H3. The molecule has 21 heavy (non-hydrogen) atoms. The SMILES string of the molecule is COc1ccc(CNc2ccc([N+](=O)[O-])c(C#N)c2)cc1. The molecule has 0 aliphatic heterocycles. The Kier molecular flexibility index (Phi) is 4.36. The van der Waals surface area contributed by atoms with Crippen molar-refractivity contribution in [1.82, 2.24) is 0 Å². The van der Waals surface area contributed by atoms with Crippen molar-refractivity contribution >= 4 is 11.4 Å². The van der Waals surface area contributed by atoms with Gasteiger partial charge in [-0.3, -0.25) is 10.1 Å². The van der Waals surface area contributed by atoms with Gasteiger partial charge in [-0.25, -0.2) is 0 Å². The fraction of sp³-hybridized carbons (Fsp3) is 0.133. The predicted molar refractivity (Wildman–Crippen MR) is 78.1 cm³/mol. The van der Waals surface area contributed by atoms with Crippen molar-refractivity contribution in [3.05, 3.63) is 63.7 Å². The maximum absolute atomic E-state index is 10.8. The van der Waals surface area contributed by atoms with Crippen molar-refractivity contribution in [2.24, 2.45) is 0 Å². The molecule has 0 atom stereocenters. The first-order valence-corrected chi connectivity index (χ1v) is 6.19. The molecule has 0 heterocycles. The molecule has 6 nitrogen and oxygen atoms in total. The molecule has 0 bridgehead atoms. The van der Waals surface area contributed by atoms with Crippen molar-refractivity contribution in [3.8, 4) is 11.8 Å². The summed E-state index contributed by atoms with van der Waals surface area (Å²) in [6.07, 6.45) is 0. The summed E-state index contributed by atoms with van der Waals surface area (Å²) < 4.78 is 5.08.